The highest BCUT2D eigenvalue weighted by Crippen LogP contribution is 2.34. The third kappa shape index (κ3) is 4.88. The van der Waals surface area contributed by atoms with Crippen LogP contribution in [-0.2, 0) is 6.54 Å². The molecule has 2 aliphatic carbocycles. The first kappa shape index (κ1) is 14.6. The molecule has 0 radical (unpaired) electrons. The molecule has 1 N–H and O–H groups in total. The average molecular weight is 283 g/mol. The smallest absolute Gasteiger partial charge is 0.0540 e. The van der Waals surface area contributed by atoms with Crippen LogP contribution in [0.25, 0.3) is 0 Å². The van der Waals surface area contributed by atoms with Crippen molar-refractivity contribution < 1.29 is 5.11 Å². The Morgan fingerprint density at radius 3 is 2.33 bits per heavy atom. The molecule has 2 aliphatic rings. The van der Waals surface area contributed by atoms with Crippen molar-refractivity contribution in [1.82, 2.24) is 4.90 Å². The number of aliphatic hydroxyl groups is 1. The zero-order chi connectivity index (χ0) is 14.5. The highest BCUT2D eigenvalue weighted by molar-refractivity contribution is 5.41. The molecule has 0 aromatic heterocycles. The fourth-order valence-electron chi connectivity index (χ4n) is 2.77. The summed E-state index contributed by atoms with van der Waals surface area (Å²) in [7, 11) is 0. The molecule has 2 saturated carbocycles. The lowest BCUT2D eigenvalue weighted by Crippen LogP contribution is -2.28. The van der Waals surface area contributed by atoms with Gasteiger partial charge in [0.15, 0.2) is 0 Å². The van der Waals surface area contributed by atoms with Crippen LogP contribution in [0.15, 0.2) is 24.3 Å². The molecular weight excluding hydrogens is 258 g/mol. The van der Waals surface area contributed by atoms with E-state index in [1.807, 2.05) is 0 Å². The van der Waals surface area contributed by atoms with Crippen LogP contribution in [0, 0.1) is 23.7 Å². The van der Waals surface area contributed by atoms with Crippen LogP contribution in [0.4, 0.5) is 0 Å². The van der Waals surface area contributed by atoms with Gasteiger partial charge >= 0.3 is 0 Å². The first-order valence-corrected chi connectivity index (χ1v) is 8.25. The number of nitrogens with zero attached hydrogens (tertiary/aromatic N) is 1. The Hall–Kier alpha value is -1.30. The Balaban J connectivity index is 1.67. The standard InChI is InChI=1S/C19H25NO/c21-12-4-3-6-18-5-1-2-7-19(18)15-20(13-16-8-9-16)14-17-10-11-17/h1-2,5,7,16-17,21H,4,8-15H2. The summed E-state index contributed by atoms with van der Waals surface area (Å²) in [6, 6.07) is 8.47. The summed E-state index contributed by atoms with van der Waals surface area (Å²) in [6.45, 7) is 3.69. The van der Waals surface area contributed by atoms with Crippen molar-refractivity contribution in [1.29, 1.82) is 0 Å². The summed E-state index contributed by atoms with van der Waals surface area (Å²) in [5, 5.41) is 8.86. The molecule has 0 spiro atoms. The van der Waals surface area contributed by atoms with E-state index in [4.69, 9.17) is 5.11 Å². The predicted molar refractivity (Wildman–Crippen MR) is 85.7 cm³/mol. The quantitative estimate of drug-likeness (QED) is 0.778. The topological polar surface area (TPSA) is 23.5 Å². The van der Waals surface area contributed by atoms with Crippen molar-refractivity contribution in [2.24, 2.45) is 11.8 Å². The van der Waals surface area contributed by atoms with Gasteiger partial charge < -0.3 is 5.11 Å². The van der Waals surface area contributed by atoms with Crippen molar-refractivity contribution in [2.75, 3.05) is 19.7 Å². The first-order chi connectivity index (χ1) is 10.3. The normalized spacial score (nSPS) is 17.6. The average Bonchev–Trinajstić information content (AvgIpc) is 3.37. The van der Waals surface area contributed by atoms with Crippen LogP contribution in [0.2, 0.25) is 0 Å². The van der Waals surface area contributed by atoms with Crippen LogP contribution >= 0.6 is 0 Å². The lowest BCUT2D eigenvalue weighted by Gasteiger charge is -2.23. The molecule has 2 fully saturated rings. The van der Waals surface area contributed by atoms with Crippen molar-refractivity contribution >= 4 is 0 Å². The van der Waals surface area contributed by atoms with Gasteiger partial charge in [0.05, 0.1) is 6.61 Å². The van der Waals surface area contributed by atoms with E-state index in [1.54, 1.807) is 0 Å². The van der Waals surface area contributed by atoms with E-state index in [0.29, 0.717) is 6.42 Å². The maximum atomic E-state index is 8.86. The molecule has 2 heteroatoms. The maximum Gasteiger partial charge on any atom is 0.0540 e. The molecule has 2 nitrogen and oxygen atoms in total. The van der Waals surface area contributed by atoms with E-state index in [2.05, 4.69) is 41.0 Å². The van der Waals surface area contributed by atoms with E-state index >= 15 is 0 Å². The largest absolute Gasteiger partial charge is 0.395 e. The Morgan fingerprint density at radius 1 is 1.05 bits per heavy atom. The summed E-state index contributed by atoms with van der Waals surface area (Å²) in [4.78, 5) is 2.64. The lowest BCUT2D eigenvalue weighted by atomic mass is 10.1. The summed E-state index contributed by atoms with van der Waals surface area (Å²) in [5.41, 5.74) is 2.46. The fraction of sp³-hybridized carbons (Fsp3) is 0.579. The number of rotatable bonds is 7. The maximum absolute atomic E-state index is 8.86. The summed E-state index contributed by atoms with van der Waals surface area (Å²) >= 11 is 0. The van der Waals surface area contributed by atoms with E-state index in [0.717, 1.165) is 23.9 Å². The van der Waals surface area contributed by atoms with Gasteiger partial charge in [0, 0.05) is 31.6 Å². The van der Waals surface area contributed by atoms with E-state index in [-0.39, 0.29) is 6.61 Å². The Bertz CT molecular complexity index is 506. The van der Waals surface area contributed by atoms with Crippen LogP contribution < -0.4 is 0 Å². The van der Waals surface area contributed by atoms with Gasteiger partial charge in [0.25, 0.3) is 0 Å². The molecular formula is C19H25NO. The molecule has 0 amide bonds. The number of hydrogen-bond acceptors (Lipinski definition) is 2. The zero-order valence-corrected chi connectivity index (χ0v) is 12.7. The van der Waals surface area contributed by atoms with Crippen LogP contribution in [-0.4, -0.2) is 29.7 Å². The molecule has 0 saturated heterocycles. The van der Waals surface area contributed by atoms with Gasteiger partial charge in [-0.2, -0.15) is 0 Å². The van der Waals surface area contributed by atoms with Gasteiger partial charge in [-0.05, 0) is 49.1 Å². The highest BCUT2D eigenvalue weighted by atomic mass is 16.2. The summed E-state index contributed by atoms with van der Waals surface area (Å²) < 4.78 is 0. The van der Waals surface area contributed by atoms with E-state index < -0.39 is 0 Å². The van der Waals surface area contributed by atoms with Crippen LogP contribution in [0.3, 0.4) is 0 Å². The number of hydrogen-bond donors (Lipinski definition) is 1. The van der Waals surface area contributed by atoms with Gasteiger partial charge in [0.2, 0.25) is 0 Å². The Kier molecular flexibility index (Phi) is 4.95. The molecule has 0 bridgehead atoms. The Labute approximate surface area is 128 Å². The highest BCUT2D eigenvalue weighted by Gasteiger charge is 2.29. The second-order valence-corrected chi connectivity index (χ2v) is 6.51. The lowest BCUT2D eigenvalue weighted by molar-refractivity contribution is 0.244. The molecule has 0 atom stereocenters. The van der Waals surface area contributed by atoms with Gasteiger partial charge in [-0.15, -0.1) is 0 Å². The van der Waals surface area contributed by atoms with E-state index in [1.165, 1.54) is 44.3 Å². The van der Waals surface area contributed by atoms with Gasteiger partial charge in [0.1, 0.15) is 0 Å². The molecule has 112 valence electrons. The molecule has 0 aliphatic heterocycles. The van der Waals surface area contributed by atoms with Gasteiger partial charge in [-0.3, -0.25) is 4.90 Å². The van der Waals surface area contributed by atoms with Crippen molar-refractivity contribution in [3.8, 4) is 11.8 Å². The van der Waals surface area contributed by atoms with Crippen molar-refractivity contribution in [2.45, 2.75) is 38.6 Å². The third-order valence-corrected chi connectivity index (χ3v) is 4.30. The minimum atomic E-state index is 0.144. The monoisotopic (exact) mass is 283 g/mol. The van der Waals surface area contributed by atoms with Gasteiger partial charge in [-0.25, -0.2) is 0 Å². The van der Waals surface area contributed by atoms with Crippen LogP contribution in [0.1, 0.15) is 43.2 Å². The molecule has 1 aromatic rings. The fourth-order valence-corrected chi connectivity index (χ4v) is 2.77. The first-order valence-electron chi connectivity index (χ1n) is 8.25. The minimum Gasteiger partial charge on any atom is -0.395 e. The van der Waals surface area contributed by atoms with Crippen molar-refractivity contribution in [3.63, 3.8) is 0 Å². The second-order valence-electron chi connectivity index (χ2n) is 6.51. The molecule has 1 aromatic carbocycles. The second kappa shape index (κ2) is 7.11. The van der Waals surface area contributed by atoms with E-state index in [9.17, 15) is 0 Å². The third-order valence-electron chi connectivity index (χ3n) is 4.30. The minimum absolute atomic E-state index is 0.144. The van der Waals surface area contributed by atoms with Gasteiger partial charge in [-0.1, -0.05) is 30.0 Å². The van der Waals surface area contributed by atoms with Crippen LogP contribution in [0.5, 0.6) is 0 Å². The Morgan fingerprint density at radius 2 is 1.71 bits per heavy atom. The molecule has 3 rings (SSSR count). The predicted octanol–water partition coefficient (Wildman–Crippen LogP) is 3.04. The summed E-state index contributed by atoms with van der Waals surface area (Å²) in [6.07, 6.45) is 6.22. The number of aliphatic hydroxyl groups excluding tert-OH is 1. The van der Waals surface area contributed by atoms with Crippen molar-refractivity contribution in [3.05, 3.63) is 35.4 Å². The zero-order valence-electron chi connectivity index (χ0n) is 12.7. The molecule has 21 heavy (non-hydrogen) atoms. The molecule has 0 unspecified atom stereocenters. The SMILES string of the molecule is OCCC#Cc1ccccc1CN(CC1CC1)CC1CC1. The number of benzene rings is 1. The molecule has 0 heterocycles. The summed E-state index contributed by atoms with van der Waals surface area (Å²) in [5.74, 6) is 8.16.